The van der Waals surface area contributed by atoms with Gasteiger partial charge in [-0.2, -0.15) is 0 Å². The number of unbranched alkanes of at least 4 members (excludes halogenated alkanes) is 1. The van der Waals surface area contributed by atoms with E-state index in [2.05, 4.69) is 16.0 Å². The van der Waals surface area contributed by atoms with Crippen LogP contribution in [0.2, 0.25) is 0 Å². The van der Waals surface area contributed by atoms with Crippen molar-refractivity contribution in [2.24, 2.45) is 11.5 Å². The molecule has 0 radical (unpaired) electrons. The molecular weight excluding hydrogens is 490 g/mol. The Labute approximate surface area is 213 Å². The van der Waals surface area contributed by atoms with Crippen LogP contribution < -0.4 is 27.4 Å². The summed E-state index contributed by atoms with van der Waals surface area (Å²) in [7, 11) is 0. The van der Waals surface area contributed by atoms with Crippen molar-refractivity contribution in [3.63, 3.8) is 0 Å². The minimum absolute atomic E-state index is 0.0393. The average molecular weight is 526 g/mol. The van der Waals surface area contributed by atoms with Crippen molar-refractivity contribution in [3.8, 4) is 5.75 Å². The van der Waals surface area contributed by atoms with Crippen molar-refractivity contribution in [2.45, 2.75) is 69.3 Å². The number of rotatable bonds is 16. The number of aliphatic hydroxyl groups excluding tert-OH is 1. The highest BCUT2D eigenvalue weighted by Crippen LogP contribution is 2.12. The quantitative estimate of drug-likeness (QED) is 0.104. The molecule has 0 heterocycles. The van der Waals surface area contributed by atoms with Crippen molar-refractivity contribution in [2.75, 3.05) is 6.54 Å². The number of phenols is 1. The number of aromatic hydroxyl groups is 1. The number of hydrogen-bond acceptors (Lipinski definition) is 9. The molecule has 0 bridgehead atoms. The highest BCUT2D eigenvalue weighted by atomic mass is 16.4. The molecule has 0 saturated heterocycles. The van der Waals surface area contributed by atoms with Crippen LogP contribution in [0.1, 0.15) is 38.2 Å². The third-order valence-electron chi connectivity index (χ3n) is 5.40. The van der Waals surface area contributed by atoms with E-state index in [1.165, 1.54) is 31.2 Å². The van der Waals surface area contributed by atoms with E-state index in [1.54, 1.807) is 0 Å². The maximum atomic E-state index is 13.1. The first kappa shape index (κ1) is 31.3. The van der Waals surface area contributed by atoms with E-state index in [0.717, 1.165) is 0 Å². The van der Waals surface area contributed by atoms with Gasteiger partial charge < -0.3 is 47.8 Å². The van der Waals surface area contributed by atoms with Gasteiger partial charge in [0, 0.05) is 6.42 Å². The summed E-state index contributed by atoms with van der Waals surface area (Å²) >= 11 is 0. The summed E-state index contributed by atoms with van der Waals surface area (Å²) in [6, 6.07) is -0.0536. The predicted molar refractivity (Wildman–Crippen MR) is 130 cm³/mol. The molecule has 37 heavy (non-hydrogen) atoms. The van der Waals surface area contributed by atoms with E-state index in [-0.39, 0.29) is 18.6 Å². The SMILES string of the molecule is CC(O)C(N)C(=O)NC(Cc1ccc(O)cc1)C(=O)NC(CC(=O)O)C(=O)NC(CCCCN)C(=O)O. The molecule has 1 aromatic rings. The first-order valence-electron chi connectivity index (χ1n) is 11.6. The van der Waals surface area contributed by atoms with Gasteiger partial charge in [-0.05, 0) is 50.4 Å². The molecule has 206 valence electrons. The number of amides is 3. The van der Waals surface area contributed by atoms with Gasteiger partial charge in [0.2, 0.25) is 17.7 Å². The van der Waals surface area contributed by atoms with E-state index in [0.29, 0.717) is 24.9 Å². The molecule has 0 aliphatic rings. The second kappa shape index (κ2) is 15.4. The largest absolute Gasteiger partial charge is 0.508 e. The molecule has 0 aromatic heterocycles. The fourth-order valence-electron chi connectivity index (χ4n) is 3.24. The van der Waals surface area contributed by atoms with Crippen LogP contribution in [0, 0.1) is 0 Å². The van der Waals surface area contributed by atoms with Crippen LogP contribution in [0.4, 0.5) is 0 Å². The molecule has 0 saturated carbocycles. The number of carbonyl (C=O) groups is 5. The minimum Gasteiger partial charge on any atom is -0.508 e. The number of carboxylic acid groups (broad SMARTS) is 2. The molecule has 5 unspecified atom stereocenters. The first-order valence-corrected chi connectivity index (χ1v) is 11.6. The third-order valence-corrected chi connectivity index (χ3v) is 5.40. The molecule has 14 nitrogen and oxygen atoms in total. The first-order chi connectivity index (χ1) is 17.3. The maximum Gasteiger partial charge on any atom is 0.326 e. The maximum absolute atomic E-state index is 13.1. The van der Waals surface area contributed by atoms with Crippen molar-refractivity contribution in [3.05, 3.63) is 29.8 Å². The van der Waals surface area contributed by atoms with Gasteiger partial charge in [-0.1, -0.05) is 12.1 Å². The third kappa shape index (κ3) is 11.2. The molecule has 1 rings (SSSR count). The standard InChI is InChI=1S/C23H35N5O9/c1-12(29)19(25)22(35)28-16(10-13-5-7-14(30)8-6-13)20(33)27-17(11-18(31)32)21(34)26-15(23(36)37)4-2-3-9-24/h5-8,12,15-17,19,29-30H,2-4,9-11,24-25H2,1H3,(H,26,34)(H,27,33)(H,28,35)(H,31,32)(H,36,37). The van der Waals surface area contributed by atoms with Crippen molar-refractivity contribution >= 4 is 29.7 Å². The van der Waals surface area contributed by atoms with Gasteiger partial charge in [0.05, 0.1) is 12.5 Å². The Hall–Kier alpha value is -3.75. The molecule has 5 atom stereocenters. The van der Waals surface area contributed by atoms with Crippen molar-refractivity contribution < 1.29 is 44.4 Å². The zero-order chi connectivity index (χ0) is 28.1. The van der Waals surface area contributed by atoms with Crippen LogP contribution in [0.5, 0.6) is 5.75 Å². The van der Waals surface area contributed by atoms with Gasteiger partial charge in [0.15, 0.2) is 0 Å². The van der Waals surface area contributed by atoms with Gasteiger partial charge in [0.1, 0.15) is 29.9 Å². The number of nitrogens with two attached hydrogens (primary N) is 2. The van der Waals surface area contributed by atoms with Gasteiger partial charge >= 0.3 is 11.9 Å². The normalized spacial score (nSPS) is 14.9. The Balaban J connectivity index is 3.11. The number of benzene rings is 1. The highest BCUT2D eigenvalue weighted by Gasteiger charge is 2.32. The molecule has 0 spiro atoms. The number of nitrogens with one attached hydrogen (secondary N) is 3. The molecule has 0 fully saturated rings. The van der Waals surface area contributed by atoms with Crippen LogP contribution >= 0.6 is 0 Å². The Bertz CT molecular complexity index is 939. The molecule has 1 aromatic carbocycles. The molecule has 11 N–H and O–H groups in total. The smallest absolute Gasteiger partial charge is 0.326 e. The Morgan fingerprint density at radius 2 is 1.41 bits per heavy atom. The van der Waals surface area contributed by atoms with Crippen molar-refractivity contribution in [1.29, 1.82) is 0 Å². The van der Waals surface area contributed by atoms with E-state index in [9.17, 15) is 44.4 Å². The predicted octanol–water partition coefficient (Wildman–Crippen LogP) is -2.21. The van der Waals surface area contributed by atoms with Gasteiger partial charge in [-0.25, -0.2) is 4.79 Å². The minimum atomic E-state index is -1.66. The Morgan fingerprint density at radius 1 is 0.865 bits per heavy atom. The van der Waals surface area contributed by atoms with Gasteiger partial charge in [-0.3, -0.25) is 19.2 Å². The lowest BCUT2D eigenvalue weighted by atomic mass is 10.0. The van der Waals surface area contributed by atoms with E-state index in [1.807, 2.05) is 0 Å². The van der Waals surface area contributed by atoms with Crippen LogP contribution in [0.15, 0.2) is 24.3 Å². The molecular formula is C23H35N5O9. The topological polar surface area (TPSA) is 254 Å². The van der Waals surface area contributed by atoms with Crippen LogP contribution in [-0.2, 0) is 30.4 Å². The molecule has 0 aliphatic carbocycles. The lowest BCUT2D eigenvalue weighted by Gasteiger charge is -2.25. The van der Waals surface area contributed by atoms with Gasteiger partial charge in [0.25, 0.3) is 0 Å². The fraction of sp³-hybridized carbons (Fsp3) is 0.522. The van der Waals surface area contributed by atoms with Crippen molar-refractivity contribution in [1.82, 2.24) is 16.0 Å². The summed E-state index contributed by atoms with van der Waals surface area (Å²) < 4.78 is 0. The fourth-order valence-corrected chi connectivity index (χ4v) is 3.24. The number of phenolic OH excluding ortho intramolecular Hbond substituents is 1. The highest BCUT2D eigenvalue weighted by molar-refractivity contribution is 5.95. The molecule has 0 aliphatic heterocycles. The van der Waals surface area contributed by atoms with E-state index >= 15 is 0 Å². The lowest BCUT2D eigenvalue weighted by Crippen LogP contribution is -2.58. The summed E-state index contributed by atoms with van der Waals surface area (Å²) in [5.41, 5.74) is 11.5. The summed E-state index contributed by atoms with van der Waals surface area (Å²) in [6.45, 7) is 1.60. The average Bonchev–Trinajstić information content (AvgIpc) is 2.82. The van der Waals surface area contributed by atoms with Crippen LogP contribution in [-0.4, -0.2) is 86.9 Å². The number of carboxylic acids is 2. The summed E-state index contributed by atoms with van der Waals surface area (Å²) in [5.74, 6) is -5.68. The number of hydrogen-bond donors (Lipinski definition) is 9. The summed E-state index contributed by atoms with van der Waals surface area (Å²) in [6.07, 6.45) is -1.28. The number of aliphatic carboxylic acids is 2. The molecule has 3 amide bonds. The van der Waals surface area contributed by atoms with Crippen LogP contribution in [0.25, 0.3) is 0 Å². The summed E-state index contributed by atoms with van der Waals surface area (Å²) in [5, 5.41) is 44.6. The lowest BCUT2D eigenvalue weighted by molar-refractivity contribution is -0.143. The zero-order valence-corrected chi connectivity index (χ0v) is 20.4. The zero-order valence-electron chi connectivity index (χ0n) is 20.4. The van der Waals surface area contributed by atoms with E-state index < -0.39 is 66.4 Å². The second-order valence-corrected chi connectivity index (χ2v) is 8.54. The van der Waals surface area contributed by atoms with Crippen LogP contribution in [0.3, 0.4) is 0 Å². The Kier molecular flexibility index (Phi) is 13.0. The number of aliphatic hydroxyl groups is 1. The Morgan fingerprint density at radius 3 is 1.92 bits per heavy atom. The monoisotopic (exact) mass is 525 g/mol. The van der Waals surface area contributed by atoms with E-state index in [4.69, 9.17) is 11.5 Å². The second-order valence-electron chi connectivity index (χ2n) is 8.54. The summed E-state index contributed by atoms with van der Waals surface area (Å²) in [4.78, 5) is 61.2. The van der Waals surface area contributed by atoms with Gasteiger partial charge in [-0.15, -0.1) is 0 Å². The molecule has 14 heteroatoms. The number of carbonyl (C=O) groups excluding carboxylic acids is 3.